The zero-order valence-corrected chi connectivity index (χ0v) is 33.2. The molecule has 1 aromatic heterocycles. The van der Waals surface area contributed by atoms with Gasteiger partial charge in [-0.15, -0.1) is 0 Å². The smallest absolute Gasteiger partial charge is 0.0562 e. The van der Waals surface area contributed by atoms with Gasteiger partial charge >= 0.3 is 0 Å². The van der Waals surface area contributed by atoms with Crippen LogP contribution in [0.1, 0.15) is 25.0 Å². The summed E-state index contributed by atoms with van der Waals surface area (Å²) in [4.78, 5) is 2.51. The van der Waals surface area contributed by atoms with Crippen molar-refractivity contribution in [2.24, 2.45) is 0 Å². The van der Waals surface area contributed by atoms with Gasteiger partial charge < -0.3 is 9.47 Å². The average Bonchev–Trinajstić information content (AvgIpc) is 3.76. The normalized spacial score (nSPS) is 12.7. The Morgan fingerprint density at radius 2 is 0.915 bits per heavy atom. The molecular weight excluding hydrogens is 713 g/mol. The summed E-state index contributed by atoms with van der Waals surface area (Å²) in [5.41, 5.74) is 19.3. The van der Waals surface area contributed by atoms with Gasteiger partial charge in [-0.25, -0.2) is 0 Å². The van der Waals surface area contributed by atoms with Crippen LogP contribution >= 0.6 is 0 Å². The molecule has 0 atom stereocenters. The fraction of sp³-hybridized carbons (Fsp3) is 0.0526. The molecule has 0 radical (unpaired) electrons. The van der Waals surface area contributed by atoms with Crippen molar-refractivity contribution in [3.05, 3.63) is 230 Å². The van der Waals surface area contributed by atoms with Gasteiger partial charge in [0, 0.05) is 33.0 Å². The molecule has 2 heteroatoms. The van der Waals surface area contributed by atoms with E-state index < -0.39 is 0 Å². The van der Waals surface area contributed by atoms with Crippen molar-refractivity contribution < 1.29 is 0 Å². The lowest BCUT2D eigenvalue weighted by Gasteiger charge is -2.30. The van der Waals surface area contributed by atoms with E-state index in [1.807, 2.05) is 0 Å². The van der Waals surface area contributed by atoms with Gasteiger partial charge in [0.25, 0.3) is 0 Å². The molecule has 0 bridgehead atoms. The second kappa shape index (κ2) is 13.9. The van der Waals surface area contributed by atoms with E-state index in [1.54, 1.807) is 0 Å². The molecule has 10 aromatic rings. The number of aromatic nitrogens is 1. The Kier molecular flexibility index (Phi) is 8.20. The molecule has 0 fully saturated rings. The van der Waals surface area contributed by atoms with E-state index in [9.17, 15) is 0 Å². The van der Waals surface area contributed by atoms with Gasteiger partial charge in [0.1, 0.15) is 0 Å². The van der Waals surface area contributed by atoms with Gasteiger partial charge in [0.2, 0.25) is 0 Å². The monoisotopic (exact) mass is 754 g/mol. The quantitative estimate of drug-likeness (QED) is 0.157. The van der Waals surface area contributed by atoms with E-state index >= 15 is 0 Å². The number of hydrogen-bond donors (Lipinski definition) is 0. The zero-order chi connectivity index (χ0) is 39.5. The van der Waals surface area contributed by atoms with Crippen molar-refractivity contribution in [1.29, 1.82) is 0 Å². The maximum Gasteiger partial charge on any atom is 0.0562 e. The van der Waals surface area contributed by atoms with E-state index in [4.69, 9.17) is 0 Å². The Hall–Kier alpha value is -7.42. The molecule has 1 heterocycles. The Bertz CT molecular complexity index is 3170. The predicted octanol–water partition coefficient (Wildman–Crippen LogP) is 15.6. The van der Waals surface area contributed by atoms with Gasteiger partial charge in [-0.05, 0) is 87.0 Å². The van der Waals surface area contributed by atoms with E-state index in [0.717, 1.165) is 28.3 Å². The highest BCUT2D eigenvalue weighted by molar-refractivity contribution is 6.17. The maximum atomic E-state index is 2.51. The molecule has 0 unspecified atom stereocenters. The largest absolute Gasteiger partial charge is 0.309 e. The highest BCUT2D eigenvalue weighted by atomic mass is 15.2. The van der Waals surface area contributed by atoms with E-state index in [-0.39, 0.29) is 5.41 Å². The van der Waals surface area contributed by atoms with Gasteiger partial charge in [0.05, 0.1) is 28.1 Å². The molecular formula is C57H42N2. The lowest BCUT2D eigenvalue weighted by Crippen LogP contribution is -2.17. The molecule has 11 rings (SSSR count). The van der Waals surface area contributed by atoms with Crippen LogP contribution in [-0.4, -0.2) is 4.57 Å². The van der Waals surface area contributed by atoms with Crippen LogP contribution < -0.4 is 4.90 Å². The van der Waals surface area contributed by atoms with E-state index in [2.05, 4.69) is 242 Å². The minimum absolute atomic E-state index is 0.141. The summed E-state index contributed by atoms with van der Waals surface area (Å²) in [6, 6.07) is 79.8. The fourth-order valence-corrected chi connectivity index (χ4v) is 9.60. The van der Waals surface area contributed by atoms with E-state index in [0.29, 0.717) is 0 Å². The molecule has 1 aliphatic rings. The van der Waals surface area contributed by atoms with Crippen molar-refractivity contribution in [2.75, 3.05) is 4.90 Å². The van der Waals surface area contributed by atoms with Gasteiger partial charge in [-0.1, -0.05) is 190 Å². The van der Waals surface area contributed by atoms with E-state index in [1.165, 1.54) is 71.9 Å². The van der Waals surface area contributed by atoms with Crippen LogP contribution in [0.5, 0.6) is 0 Å². The summed E-state index contributed by atoms with van der Waals surface area (Å²) in [6.07, 6.45) is 0. The molecule has 0 aliphatic heterocycles. The fourth-order valence-electron chi connectivity index (χ4n) is 9.60. The molecule has 0 spiro atoms. The summed E-state index contributed by atoms with van der Waals surface area (Å²) in [7, 11) is 0. The predicted molar refractivity (Wildman–Crippen MR) is 249 cm³/mol. The Balaban J connectivity index is 1.16. The third-order valence-electron chi connectivity index (χ3n) is 12.4. The van der Waals surface area contributed by atoms with Crippen LogP contribution in [0.2, 0.25) is 0 Å². The Morgan fingerprint density at radius 3 is 1.71 bits per heavy atom. The molecule has 0 amide bonds. The first-order chi connectivity index (χ1) is 29.1. The number of para-hydroxylation sites is 3. The third kappa shape index (κ3) is 5.63. The van der Waals surface area contributed by atoms with Crippen molar-refractivity contribution >= 4 is 38.9 Å². The molecule has 9 aromatic carbocycles. The lowest BCUT2D eigenvalue weighted by molar-refractivity contribution is 0.660. The summed E-state index contributed by atoms with van der Waals surface area (Å²) in [6.45, 7) is 4.73. The van der Waals surface area contributed by atoms with Gasteiger partial charge in [0.15, 0.2) is 0 Å². The number of rotatable bonds is 7. The van der Waals surface area contributed by atoms with Crippen molar-refractivity contribution in [3.8, 4) is 50.2 Å². The maximum absolute atomic E-state index is 2.51. The van der Waals surface area contributed by atoms with Crippen molar-refractivity contribution in [1.82, 2.24) is 4.57 Å². The molecule has 0 N–H and O–H groups in total. The highest BCUT2D eigenvalue weighted by Gasteiger charge is 2.36. The Morgan fingerprint density at radius 1 is 0.373 bits per heavy atom. The number of nitrogens with zero attached hydrogens (tertiary/aromatic N) is 2. The average molecular weight is 755 g/mol. The third-order valence-corrected chi connectivity index (χ3v) is 12.4. The number of anilines is 3. The van der Waals surface area contributed by atoms with Crippen LogP contribution in [0.25, 0.3) is 72.0 Å². The summed E-state index contributed by atoms with van der Waals surface area (Å²) >= 11 is 0. The first kappa shape index (κ1) is 34.8. The molecule has 0 saturated carbocycles. The summed E-state index contributed by atoms with van der Waals surface area (Å²) < 4.78 is 2.47. The zero-order valence-electron chi connectivity index (χ0n) is 33.2. The first-order valence-electron chi connectivity index (χ1n) is 20.5. The highest BCUT2D eigenvalue weighted by Crippen LogP contribution is 2.52. The molecule has 1 aliphatic carbocycles. The second-order valence-corrected chi connectivity index (χ2v) is 16.1. The van der Waals surface area contributed by atoms with Crippen LogP contribution in [0.4, 0.5) is 17.1 Å². The van der Waals surface area contributed by atoms with Crippen molar-refractivity contribution in [3.63, 3.8) is 0 Å². The van der Waals surface area contributed by atoms with Crippen LogP contribution in [-0.2, 0) is 5.41 Å². The standard InChI is InChI=1S/C57H42N2/c1-57(2)49-26-13-9-24-46(49)47-37-36-43(38-50(47)57)58(51-27-14-10-22-44(51)41-20-7-4-8-21-41)54-30-17-31-55-56(54)48-25-12-16-29-53(48)59(55)52-28-15-11-23-45(52)42-34-32-40(33-35-42)39-18-5-3-6-19-39/h3-38H,1-2H3. The van der Waals surface area contributed by atoms with Crippen LogP contribution in [0, 0.1) is 0 Å². The number of benzene rings is 9. The number of hydrogen-bond acceptors (Lipinski definition) is 1. The Labute approximate surface area is 345 Å². The van der Waals surface area contributed by atoms with Gasteiger partial charge in [-0.2, -0.15) is 0 Å². The molecule has 280 valence electrons. The molecule has 59 heavy (non-hydrogen) atoms. The molecule has 2 nitrogen and oxygen atoms in total. The van der Waals surface area contributed by atoms with Crippen molar-refractivity contribution in [2.45, 2.75) is 19.3 Å². The lowest BCUT2D eigenvalue weighted by atomic mass is 9.82. The van der Waals surface area contributed by atoms with Crippen LogP contribution in [0.15, 0.2) is 218 Å². The first-order valence-corrected chi connectivity index (χ1v) is 20.5. The minimum atomic E-state index is -0.141. The van der Waals surface area contributed by atoms with Crippen LogP contribution in [0.3, 0.4) is 0 Å². The SMILES string of the molecule is CC1(C)c2ccccc2-c2ccc(N(c3ccccc3-c3ccccc3)c3cccc4c3c3ccccc3n4-c3ccccc3-c3ccc(-c4ccccc4)cc3)cc21. The minimum Gasteiger partial charge on any atom is -0.309 e. The number of fused-ring (bicyclic) bond motifs is 6. The topological polar surface area (TPSA) is 8.17 Å². The molecule has 0 saturated heterocycles. The van der Waals surface area contributed by atoms with Gasteiger partial charge in [-0.3, -0.25) is 0 Å². The summed E-state index contributed by atoms with van der Waals surface area (Å²) in [5, 5.41) is 2.42. The second-order valence-electron chi connectivity index (χ2n) is 16.1. The summed E-state index contributed by atoms with van der Waals surface area (Å²) in [5.74, 6) is 0.